The Balaban J connectivity index is 1.58. The van der Waals surface area contributed by atoms with Crippen LogP contribution in [0.1, 0.15) is 64.3 Å². The minimum atomic E-state index is -0.678. The van der Waals surface area contributed by atoms with E-state index in [0.29, 0.717) is 6.42 Å². The topological polar surface area (TPSA) is 82.8 Å². The van der Waals surface area contributed by atoms with Crippen molar-refractivity contribution in [3.05, 3.63) is 27.5 Å². The Kier molecular flexibility index (Phi) is 7.53. The van der Waals surface area contributed by atoms with Crippen molar-refractivity contribution in [3.8, 4) is 0 Å². The number of aliphatic hydroxyl groups is 1. The van der Waals surface area contributed by atoms with Gasteiger partial charge in [0.05, 0.1) is 18.2 Å². The number of fused-ring (bicyclic) bond motifs is 1. The summed E-state index contributed by atoms with van der Waals surface area (Å²) >= 11 is 2.22. The molecule has 1 fully saturated rings. The molecular formula is C21H29IN2O5. The molecule has 1 aliphatic heterocycles. The summed E-state index contributed by atoms with van der Waals surface area (Å²) in [5, 5.41) is 16.2. The van der Waals surface area contributed by atoms with Crippen LogP contribution in [0.3, 0.4) is 0 Å². The van der Waals surface area contributed by atoms with Gasteiger partial charge in [-0.15, -0.1) is 0 Å². The molecule has 2 unspecified atom stereocenters. The van der Waals surface area contributed by atoms with Gasteiger partial charge in [-0.3, -0.25) is 0 Å². The number of halogens is 1. The third kappa shape index (κ3) is 6.13. The monoisotopic (exact) mass is 516 g/mol. The van der Waals surface area contributed by atoms with E-state index >= 15 is 0 Å². The number of hydrogen-bond donors (Lipinski definition) is 1. The minimum absolute atomic E-state index is 0.0215. The second-order valence-electron chi connectivity index (χ2n) is 8.28. The molecule has 7 nitrogen and oxygen atoms in total. The quantitative estimate of drug-likeness (QED) is 0.339. The molecule has 8 heteroatoms. The number of ether oxygens (including phenoxy) is 3. The van der Waals surface area contributed by atoms with Gasteiger partial charge in [-0.05, 0) is 80.3 Å². The van der Waals surface area contributed by atoms with E-state index in [0.717, 1.165) is 46.0 Å². The van der Waals surface area contributed by atoms with Crippen molar-refractivity contribution in [2.45, 2.75) is 64.4 Å². The molecule has 1 N–H and O–H groups in total. The lowest BCUT2D eigenvalue weighted by atomic mass is 10.1. The van der Waals surface area contributed by atoms with Crippen LogP contribution in [-0.4, -0.2) is 46.3 Å². The summed E-state index contributed by atoms with van der Waals surface area (Å²) in [5.74, 6) is -0.402. The Hall–Kier alpha value is -1.23. The third-order valence-electron chi connectivity index (χ3n) is 4.67. The molecule has 1 aromatic heterocycles. The highest BCUT2D eigenvalue weighted by atomic mass is 127. The van der Waals surface area contributed by atoms with Crippen LogP contribution in [0.15, 0.2) is 18.2 Å². The number of aromatic nitrogens is 2. The second kappa shape index (κ2) is 9.72. The number of carbonyl (C=O) groups is 1. The predicted octanol–water partition coefficient (Wildman–Crippen LogP) is 4.12. The first-order chi connectivity index (χ1) is 13.7. The van der Waals surface area contributed by atoms with Gasteiger partial charge >= 0.3 is 5.97 Å². The predicted molar refractivity (Wildman–Crippen MR) is 118 cm³/mol. The molecule has 0 radical (unpaired) electrons. The molecular weight excluding hydrogens is 487 g/mol. The summed E-state index contributed by atoms with van der Waals surface area (Å²) in [6.45, 7) is 6.36. The fraction of sp³-hybridized carbons (Fsp3) is 0.619. The molecule has 1 aromatic carbocycles. The van der Waals surface area contributed by atoms with Crippen LogP contribution in [0, 0.1) is 3.70 Å². The lowest BCUT2D eigenvalue weighted by Crippen LogP contribution is -2.26. The van der Waals surface area contributed by atoms with E-state index in [4.69, 9.17) is 14.2 Å². The zero-order valence-corrected chi connectivity index (χ0v) is 19.3. The molecule has 2 heterocycles. The van der Waals surface area contributed by atoms with Gasteiger partial charge in [-0.2, -0.15) is 5.10 Å². The number of esters is 1. The molecule has 0 spiro atoms. The van der Waals surface area contributed by atoms with Crippen LogP contribution in [0.2, 0.25) is 0 Å². The molecule has 0 bridgehead atoms. The van der Waals surface area contributed by atoms with E-state index in [9.17, 15) is 9.90 Å². The molecule has 0 amide bonds. The van der Waals surface area contributed by atoms with Crippen LogP contribution in [-0.2, 0) is 19.0 Å². The van der Waals surface area contributed by atoms with Gasteiger partial charge < -0.3 is 19.3 Å². The first-order valence-electron chi connectivity index (χ1n) is 10.0. The first kappa shape index (κ1) is 22.5. The molecule has 3 rings (SSSR count). The van der Waals surface area contributed by atoms with Gasteiger partial charge in [-0.1, -0.05) is 6.07 Å². The highest BCUT2D eigenvalue weighted by Crippen LogP contribution is 2.31. The molecule has 1 aliphatic rings. The van der Waals surface area contributed by atoms with Crippen LogP contribution < -0.4 is 0 Å². The van der Waals surface area contributed by atoms with Gasteiger partial charge in [0.2, 0.25) is 0 Å². The van der Waals surface area contributed by atoms with Crippen molar-refractivity contribution in [1.82, 2.24) is 9.78 Å². The smallest absolute Gasteiger partial charge is 0.332 e. The Labute approximate surface area is 184 Å². The van der Waals surface area contributed by atoms with Gasteiger partial charge in [0.15, 0.2) is 6.23 Å². The summed E-state index contributed by atoms with van der Waals surface area (Å²) in [4.78, 5) is 11.7. The van der Waals surface area contributed by atoms with Crippen molar-refractivity contribution < 1.29 is 24.1 Å². The lowest BCUT2D eigenvalue weighted by molar-refractivity contribution is -0.160. The van der Waals surface area contributed by atoms with E-state index in [1.54, 1.807) is 0 Å². The largest absolute Gasteiger partial charge is 0.458 e. The fourth-order valence-electron chi connectivity index (χ4n) is 3.35. The number of hydrogen-bond acceptors (Lipinski definition) is 6. The van der Waals surface area contributed by atoms with Gasteiger partial charge in [0, 0.05) is 18.4 Å². The summed E-state index contributed by atoms with van der Waals surface area (Å²) in [5.41, 5.74) is 1.29. The maximum absolute atomic E-state index is 11.7. The van der Waals surface area contributed by atoms with E-state index < -0.39 is 17.7 Å². The number of benzene rings is 1. The molecule has 1 saturated heterocycles. The van der Waals surface area contributed by atoms with Gasteiger partial charge in [-0.25, -0.2) is 9.48 Å². The molecule has 0 aliphatic carbocycles. The average Bonchev–Trinajstić information content (AvgIpc) is 3.00. The number of rotatable bonds is 7. The maximum Gasteiger partial charge on any atom is 0.332 e. The summed E-state index contributed by atoms with van der Waals surface area (Å²) < 4.78 is 19.3. The zero-order chi connectivity index (χ0) is 21.0. The summed E-state index contributed by atoms with van der Waals surface area (Å²) in [6.07, 6.45) is 2.90. The maximum atomic E-state index is 11.7. The highest BCUT2D eigenvalue weighted by molar-refractivity contribution is 14.1. The highest BCUT2D eigenvalue weighted by Gasteiger charge is 2.21. The van der Waals surface area contributed by atoms with Crippen molar-refractivity contribution in [1.29, 1.82) is 0 Å². The number of carbonyl (C=O) groups excluding carboxylic acids is 1. The zero-order valence-electron chi connectivity index (χ0n) is 17.2. The number of nitrogens with zero attached hydrogens (tertiary/aromatic N) is 2. The van der Waals surface area contributed by atoms with Crippen LogP contribution >= 0.6 is 22.6 Å². The van der Waals surface area contributed by atoms with E-state index in [2.05, 4.69) is 27.7 Å². The Bertz CT molecular complexity index is 839. The molecule has 2 atom stereocenters. The van der Waals surface area contributed by atoms with Crippen LogP contribution in [0.5, 0.6) is 0 Å². The Morgan fingerprint density at radius 2 is 2.21 bits per heavy atom. The second-order valence-corrected chi connectivity index (χ2v) is 9.30. The fourth-order valence-corrected chi connectivity index (χ4v) is 4.02. The normalized spacial score (nSPS) is 18.7. The van der Waals surface area contributed by atoms with Crippen molar-refractivity contribution in [2.75, 3.05) is 19.8 Å². The summed E-state index contributed by atoms with van der Waals surface area (Å²) in [7, 11) is 0. The van der Waals surface area contributed by atoms with Crippen LogP contribution in [0.4, 0.5) is 0 Å². The van der Waals surface area contributed by atoms with E-state index in [-0.39, 0.29) is 19.4 Å². The number of aliphatic hydroxyl groups excluding tert-OH is 1. The van der Waals surface area contributed by atoms with E-state index in [1.165, 1.54) is 0 Å². The molecule has 0 saturated carbocycles. The summed E-state index contributed by atoms with van der Waals surface area (Å²) in [6, 6.07) is 5.88. The molecule has 160 valence electrons. The average molecular weight is 516 g/mol. The first-order valence-corrected chi connectivity index (χ1v) is 11.1. The third-order valence-corrected chi connectivity index (χ3v) is 5.47. The van der Waals surface area contributed by atoms with E-state index in [1.807, 2.05) is 43.7 Å². The lowest BCUT2D eigenvalue weighted by Gasteiger charge is -2.23. The molecule has 29 heavy (non-hydrogen) atoms. The standard InChI is InChI=1S/C21H29IN2O5/c1-21(2,3)29-19(26)13-27-11-9-17(25)14-7-8-16-15(12-14)20(22)23-24(16)18-6-4-5-10-28-18/h7-8,12,17-18,25H,4-6,9-11,13H2,1-3H3. The molecule has 2 aromatic rings. The Morgan fingerprint density at radius 3 is 2.90 bits per heavy atom. The van der Waals surface area contributed by atoms with Gasteiger partial charge in [0.25, 0.3) is 0 Å². The van der Waals surface area contributed by atoms with Gasteiger partial charge in [0.1, 0.15) is 15.9 Å². The minimum Gasteiger partial charge on any atom is -0.458 e. The Morgan fingerprint density at radius 1 is 1.41 bits per heavy atom. The van der Waals surface area contributed by atoms with Crippen molar-refractivity contribution >= 4 is 39.5 Å². The SMILES string of the molecule is CC(C)(C)OC(=O)COCCC(O)c1ccc2c(c1)c(I)nn2C1CCCCO1. The van der Waals surface area contributed by atoms with Crippen LogP contribution in [0.25, 0.3) is 10.9 Å². The van der Waals surface area contributed by atoms with Crippen molar-refractivity contribution in [3.63, 3.8) is 0 Å². The van der Waals surface area contributed by atoms with Crippen molar-refractivity contribution in [2.24, 2.45) is 0 Å².